The molecule has 2 aromatic rings. The summed E-state index contributed by atoms with van der Waals surface area (Å²) < 4.78 is 27.0. The van der Waals surface area contributed by atoms with Gasteiger partial charge in [-0.15, -0.1) is 0 Å². The number of benzene rings is 1. The maximum Gasteiger partial charge on any atom is 0.228 e. The molecule has 1 aromatic heterocycles. The Hall–Kier alpha value is -2.24. The van der Waals surface area contributed by atoms with E-state index in [1.165, 1.54) is 24.6 Å². The topological polar surface area (TPSA) is 57.8 Å². The highest BCUT2D eigenvalue weighted by Crippen LogP contribution is 2.27. The first-order valence-electron chi connectivity index (χ1n) is 7.46. The number of nitrogens with zero attached hydrogens (tertiary/aromatic N) is 1. The Balaban J connectivity index is 1.73. The van der Waals surface area contributed by atoms with E-state index in [0.717, 1.165) is 31.7 Å². The summed E-state index contributed by atoms with van der Waals surface area (Å²) in [4.78, 5) is 12.1. The molecule has 4 nitrogen and oxygen atoms in total. The minimum atomic E-state index is -0.934. The molecule has 2 N–H and O–H groups in total. The Morgan fingerprint density at radius 2 is 2.00 bits per heavy atom. The molecule has 0 radical (unpaired) electrons. The largest absolute Gasteiger partial charge is 0.309 e. The van der Waals surface area contributed by atoms with E-state index in [0.29, 0.717) is 11.5 Å². The van der Waals surface area contributed by atoms with Crippen LogP contribution in [0, 0.1) is 17.6 Å². The van der Waals surface area contributed by atoms with E-state index in [1.54, 1.807) is 0 Å². The van der Waals surface area contributed by atoms with Crippen molar-refractivity contribution < 1.29 is 13.6 Å². The van der Waals surface area contributed by atoms with E-state index in [4.69, 9.17) is 0 Å². The number of aromatic nitrogens is 2. The molecule has 0 saturated heterocycles. The molecule has 1 fully saturated rings. The van der Waals surface area contributed by atoms with Crippen molar-refractivity contribution in [2.75, 3.05) is 5.32 Å². The van der Waals surface area contributed by atoms with Crippen molar-refractivity contribution in [3.8, 4) is 11.3 Å². The zero-order valence-electron chi connectivity index (χ0n) is 12.0. The van der Waals surface area contributed by atoms with Crippen LogP contribution in [0.3, 0.4) is 0 Å². The number of rotatable bonds is 3. The standard InChI is InChI=1S/C16H17F2N3O/c17-12-8-4-7-11(15(12)18)13-9-14(21-20-13)19-16(22)10-5-2-1-3-6-10/h4,7-10H,1-3,5-6H2,(H2,19,20,21,22). The average molecular weight is 305 g/mol. The third kappa shape index (κ3) is 3.00. The van der Waals surface area contributed by atoms with Gasteiger partial charge in [-0.3, -0.25) is 9.89 Å². The van der Waals surface area contributed by atoms with Crippen molar-refractivity contribution in [3.63, 3.8) is 0 Å². The van der Waals surface area contributed by atoms with Crippen molar-refractivity contribution in [1.82, 2.24) is 10.2 Å². The molecule has 1 aliphatic carbocycles. The first-order valence-corrected chi connectivity index (χ1v) is 7.46. The van der Waals surface area contributed by atoms with Crippen LogP contribution in [0.1, 0.15) is 32.1 Å². The molecule has 1 amide bonds. The lowest BCUT2D eigenvalue weighted by molar-refractivity contribution is -0.120. The third-order valence-electron chi connectivity index (χ3n) is 4.05. The second-order valence-electron chi connectivity index (χ2n) is 5.59. The van der Waals surface area contributed by atoms with Gasteiger partial charge in [-0.05, 0) is 25.0 Å². The van der Waals surface area contributed by atoms with Gasteiger partial charge in [0.15, 0.2) is 17.5 Å². The number of halogens is 2. The Morgan fingerprint density at radius 1 is 1.23 bits per heavy atom. The molecular weight excluding hydrogens is 288 g/mol. The molecule has 1 heterocycles. The van der Waals surface area contributed by atoms with Gasteiger partial charge >= 0.3 is 0 Å². The number of nitrogens with one attached hydrogen (secondary N) is 2. The van der Waals surface area contributed by atoms with Crippen LogP contribution in [0.4, 0.5) is 14.6 Å². The third-order valence-corrected chi connectivity index (χ3v) is 4.05. The van der Waals surface area contributed by atoms with Gasteiger partial charge in [-0.25, -0.2) is 8.78 Å². The van der Waals surface area contributed by atoms with Gasteiger partial charge in [-0.2, -0.15) is 5.10 Å². The number of amides is 1. The maximum atomic E-state index is 13.7. The molecule has 0 unspecified atom stereocenters. The van der Waals surface area contributed by atoms with E-state index >= 15 is 0 Å². The molecule has 0 bridgehead atoms. The van der Waals surface area contributed by atoms with Crippen LogP contribution in [0.15, 0.2) is 24.3 Å². The summed E-state index contributed by atoms with van der Waals surface area (Å²) in [5, 5.41) is 9.32. The average Bonchev–Trinajstić information content (AvgIpc) is 2.99. The Morgan fingerprint density at radius 3 is 2.77 bits per heavy atom. The van der Waals surface area contributed by atoms with Gasteiger partial charge in [0.05, 0.1) is 5.69 Å². The second-order valence-corrected chi connectivity index (χ2v) is 5.59. The highest BCUT2D eigenvalue weighted by Gasteiger charge is 2.22. The van der Waals surface area contributed by atoms with Gasteiger partial charge in [-0.1, -0.05) is 25.3 Å². The smallest absolute Gasteiger partial charge is 0.228 e. The minimum absolute atomic E-state index is 0.0137. The summed E-state index contributed by atoms with van der Waals surface area (Å²) in [6.45, 7) is 0. The first kappa shape index (κ1) is 14.7. The summed E-state index contributed by atoms with van der Waals surface area (Å²) in [5.74, 6) is -1.57. The number of carbonyl (C=O) groups excluding carboxylic acids is 1. The van der Waals surface area contributed by atoms with Gasteiger partial charge in [0.1, 0.15) is 0 Å². The lowest BCUT2D eigenvalue weighted by Crippen LogP contribution is -2.24. The molecule has 116 valence electrons. The summed E-state index contributed by atoms with van der Waals surface area (Å²) in [6, 6.07) is 5.45. The molecule has 1 aliphatic rings. The van der Waals surface area contributed by atoms with Crippen molar-refractivity contribution >= 4 is 11.7 Å². The Kier molecular flexibility index (Phi) is 4.18. The van der Waals surface area contributed by atoms with Gasteiger partial charge < -0.3 is 5.32 Å². The monoisotopic (exact) mass is 305 g/mol. The van der Waals surface area contributed by atoms with Crippen molar-refractivity contribution in [2.45, 2.75) is 32.1 Å². The number of anilines is 1. The molecule has 3 rings (SSSR count). The fraction of sp³-hybridized carbons (Fsp3) is 0.375. The lowest BCUT2D eigenvalue weighted by Gasteiger charge is -2.19. The fourth-order valence-electron chi connectivity index (χ4n) is 2.83. The van der Waals surface area contributed by atoms with Gasteiger partial charge in [0.25, 0.3) is 0 Å². The lowest BCUT2D eigenvalue weighted by atomic mass is 9.89. The highest BCUT2D eigenvalue weighted by atomic mass is 19.2. The zero-order valence-corrected chi connectivity index (χ0v) is 12.0. The summed E-state index contributed by atoms with van der Waals surface area (Å²) in [5.41, 5.74) is 0.418. The molecule has 6 heteroatoms. The van der Waals surface area contributed by atoms with Crippen LogP contribution in [0.2, 0.25) is 0 Å². The number of H-pyrrole nitrogens is 1. The van der Waals surface area contributed by atoms with Crippen LogP contribution >= 0.6 is 0 Å². The highest BCUT2D eigenvalue weighted by molar-refractivity contribution is 5.92. The minimum Gasteiger partial charge on any atom is -0.309 e. The summed E-state index contributed by atoms with van der Waals surface area (Å²) >= 11 is 0. The zero-order chi connectivity index (χ0) is 15.5. The van der Waals surface area contributed by atoms with Crippen molar-refractivity contribution in [1.29, 1.82) is 0 Å². The van der Waals surface area contributed by atoms with Crippen LogP contribution < -0.4 is 5.32 Å². The van der Waals surface area contributed by atoms with Gasteiger partial charge in [0.2, 0.25) is 5.91 Å². The normalized spacial score (nSPS) is 15.7. The van der Waals surface area contributed by atoms with Crippen LogP contribution in [-0.4, -0.2) is 16.1 Å². The first-order chi connectivity index (χ1) is 10.6. The molecule has 0 atom stereocenters. The SMILES string of the molecule is O=C(Nc1cc(-c2cccc(F)c2F)[nH]n1)C1CCCCC1. The predicted octanol–water partition coefficient (Wildman–Crippen LogP) is 3.87. The van der Waals surface area contributed by atoms with Crippen LogP contribution in [-0.2, 0) is 4.79 Å². The maximum absolute atomic E-state index is 13.7. The Bertz CT molecular complexity index is 678. The van der Waals surface area contributed by atoms with E-state index in [9.17, 15) is 13.6 Å². The van der Waals surface area contributed by atoms with Crippen LogP contribution in [0.5, 0.6) is 0 Å². The van der Waals surface area contributed by atoms with E-state index in [1.807, 2.05) is 0 Å². The Labute approximate surface area is 126 Å². The predicted molar refractivity (Wildman–Crippen MR) is 79.1 cm³/mol. The molecule has 1 saturated carbocycles. The molecule has 22 heavy (non-hydrogen) atoms. The van der Waals surface area contributed by atoms with E-state index < -0.39 is 11.6 Å². The molecular formula is C16H17F2N3O. The number of hydrogen-bond acceptors (Lipinski definition) is 2. The number of aromatic amines is 1. The summed E-state index contributed by atoms with van der Waals surface area (Å²) in [7, 11) is 0. The van der Waals surface area contributed by atoms with Crippen molar-refractivity contribution in [3.05, 3.63) is 35.9 Å². The second kappa shape index (κ2) is 6.25. The van der Waals surface area contributed by atoms with Crippen molar-refractivity contribution in [2.24, 2.45) is 5.92 Å². The van der Waals surface area contributed by atoms with Crippen LogP contribution in [0.25, 0.3) is 11.3 Å². The number of carbonyl (C=O) groups is 1. The van der Waals surface area contributed by atoms with Gasteiger partial charge in [0, 0.05) is 17.5 Å². The number of hydrogen-bond donors (Lipinski definition) is 2. The van der Waals surface area contributed by atoms with E-state index in [2.05, 4.69) is 15.5 Å². The molecule has 0 spiro atoms. The molecule has 0 aliphatic heterocycles. The summed E-state index contributed by atoms with van der Waals surface area (Å²) in [6.07, 6.45) is 5.09. The fourth-order valence-corrected chi connectivity index (χ4v) is 2.83. The van der Waals surface area contributed by atoms with E-state index in [-0.39, 0.29) is 17.4 Å². The molecule has 1 aromatic carbocycles. The quantitative estimate of drug-likeness (QED) is 0.904.